The number of hydrogen-bond donors (Lipinski definition) is 2. The zero-order valence-electron chi connectivity index (χ0n) is 21.9. The van der Waals surface area contributed by atoms with Gasteiger partial charge in [0.15, 0.2) is 11.5 Å². The summed E-state index contributed by atoms with van der Waals surface area (Å²) in [6, 6.07) is 23.8. The Morgan fingerprint density at radius 3 is 2.62 bits per heavy atom. The van der Waals surface area contributed by atoms with Gasteiger partial charge in [-0.3, -0.25) is 19.6 Å². The van der Waals surface area contributed by atoms with Crippen LogP contribution in [0.25, 0.3) is 11.3 Å². The molecule has 0 bridgehead atoms. The zero-order valence-corrected chi connectivity index (χ0v) is 21.9. The summed E-state index contributed by atoms with van der Waals surface area (Å²) in [6.07, 6.45) is 2.24. The molecule has 2 aromatic heterocycles. The van der Waals surface area contributed by atoms with Gasteiger partial charge < -0.3 is 10.4 Å². The second-order valence-electron chi connectivity index (χ2n) is 10.5. The number of carbonyl (C=O) groups excluding carboxylic acids is 1. The van der Waals surface area contributed by atoms with Crippen LogP contribution in [0.1, 0.15) is 40.9 Å². The summed E-state index contributed by atoms with van der Waals surface area (Å²) in [7, 11) is 1.71. The van der Waals surface area contributed by atoms with Crippen molar-refractivity contribution >= 4 is 29.2 Å². The zero-order chi connectivity index (χ0) is 26.7. The molecule has 2 aromatic carbocycles. The number of carbonyl (C=O) groups is 1. The van der Waals surface area contributed by atoms with E-state index in [0.29, 0.717) is 36.1 Å². The highest BCUT2D eigenvalue weighted by Gasteiger charge is 2.56. The molecule has 9 heteroatoms. The second-order valence-corrected chi connectivity index (χ2v) is 10.5. The number of rotatable bonds is 5. The standard InChI is InChI=1S/C30H29N7O2/c1-19-8-6-11-23(31-19)21-15-13-20(14-16-21)18-36-26(32-22-9-4-3-5-10-22)25-27(34-36)37-24-12-7-17-30(24,39)33-29(37)35(2)28(25)38/h3-6,8-11,13-16,24,32,39H,7,12,17-18H2,1-2H3/t24-,30-/m0/s1. The maximum Gasteiger partial charge on any atom is 0.267 e. The van der Waals surface area contributed by atoms with Crippen LogP contribution in [0, 0.1) is 6.92 Å². The number of aliphatic imine (C=N–C) groups is 1. The fourth-order valence-corrected chi connectivity index (χ4v) is 5.90. The summed E-state index contributed by atoms with van der Waals surface area (Å²) < 4.78 is 1.85. The number of pyridine rings is 1. The number of aromatic nitrogens is 3. The number of aliphatic hydroxyl groups is 1. The first kappa shape index (κ1) is 23.6. The quantitative estimate of drug-likeness (QED) is 0.402. The van der Waals surface area contributed by atoms with Crippen molar-refractivity contribution in [2.45, 2.75) is 44.5 Å². The van der Waals surface area contributed by atoms with Crippen LogP contribution in [0.4, 0.5) is 17.3 Å². The Labute approximate surface area is 226 Å². The minimum atomic E-state index is -1.19. The van der Waals surface area contributed by atoms with Crippen molar-refractivity contribution < 1.29 is 9.90 Å². The van der Waals surface area contributed by atoms with E-state index < -0.39 is 5.72 Å². The van der Waals surface area contributed by atoms with E-state index in [1.807, 2.05) is 65.0 Å². The third-order valence-corrected chi connectivity index (χ3v) is 7.86. The van der Waals surface area contributed by atoms with Gasteiger partial charge in [-0.15, -0.1) is 0 Å². The van der Waals surface area contributed by atoms with E-state index in [9.17, 15) is 9.90 Å². The Morgan fingerprint density at radius 2 is 1.85 bits per heavy atom. The van der Waals surface area contributed by atoms with Crippen molar-refractivity contribution in [3.63, 3.8) is 0 Å². The Kier molecular flexibility index (Phi) is 5.31. The van der Waals surface area contributed by atoms with Crippen LogP contribution in [0.5, 0.6) is 0 Å². The summed E-state index contributed by atoms with van der Waals surface area (Å²) >= 11 is 0. The molecule has 1 amide bonds. The van der Waals surface area contributed by atoms with Gasteiger partial charge in [0.1, 0.15) is 11.4 Å². The molecule has 0 unspecified atom stereocenters. The lowest BCUT2D eigenvalue weighted by Gasteiger charge is -2.34. The van der Waals surface area contributed by atoms with Gasteiger partial charge in [-0.2, -0.15) is 5.10 Å². The highest BCUT2D eigenvalue weighted by molar-refractivity contribution is 6.21. The summed E-state index contributed by atoms with van der Waals surface area (Å²) in [6.45, 7) is 2.44. The third kappa shape index (κ3) is 3.80. The van der Waals surface area contributed by atoms with Crippen LogP contribution in [-0.4, -0.2) is 55.5 Å². The second kappa shape index (κ2) is 8.78. The minimum Gasteiger partial charge on any atom is -0.367 e. The molecule has 1 saturated carbocycles. The van der Waals surface area contributed by atoms with Crippen molar-refractivity contribution in [2.75, 3.05) is 17.3 Å². The first-order chi connectivity index (χ1) is 18.9. The number of guanidine groups is 1. The van der Waals surface area contributed by atoms with Gasteiger partial charge in [-0.1, -0.05) is 48.5 Å². The molecule has 2 aliphatic heterocycles. The van der Waals surface area contributed by atoms with Gasteiger partial charge in [0, 0.05) is 24.0 Å². The van der Waals surface area contributed by atoms with Crippen molar-refractivity contribution in [1.82, 2.24) is 19.7 Å². The van der Waals surface area contributed by atoms with E-state index in [0.717, 1.165) is 41.0 Å². The highest BCUT2D eigenvalue weighted by atomic mass is 16.3. The number of aryl methyl sites for hydroxylation is 1. The van der Waals surface area contributed by atoms with Crippen molar-refractivity contribution in [2.24, 2.45) is 4.99 Å². The minimum absolute atomic E-state index is 0.200. The van der Waals surface area contributed by atoms with Crippen LogP contribution >= 0.6 is 0 Å². The van der Waals surface area contributed by atoms with E-state index in [4.69, 9.17) is 5.10 Å². The SMILES string of the molecule is Cc1cccc(-c2ccc(Cn3nc4c(c3Nc3ccccc3)C(=O)N(C)C3=N[C@]5(O)CCC[C@@H]5N34)cc2)n1. The van der Waals surface area contributed by atoms with Crippen LogP contribution in [0.3, 0.4) is 0 Å². The molecule has 0 radical (unpaired) electrons. The summed E-state index contributed by atoms with van der Waals surface area (Å²) in [4.78, 5) is 26.5. The molecule has 1 aliphatic carbocycles. The first-order valence-corrected chi connectivity index (χ1v) is 13.3. The smallest absolute Gasteiger partial charge is 0.267 e. The number of nitrogens with zero attached hydrogens (tertiary/aromatic N) is 6. The molecule has 39 heavy (non-hydrogen) atoms. The third-order valence-electron chi connectivity index (χ3n) is 7.86. The lowest BCUT2D eigenvalue weighted by atomic mass is 10.1. The molecule has 4 heterocycles. The van der Waals surface area contributed by atoms with Gasteiger partial charge in [-0.25, -0.2) is 9.67 Å². The molecule has 1 fully saturated rings. The Balaban J connectivity index is 1.30. The number of amides is 1. The normalized spacial score (nSPS) is 21.5. The topological polar surface area (TPSA) is 98.9 Å². The first-order valence-electron chi connectivity index (χ1n) is 13.3. The van der Waals surface area contributed by atoms with Crippen LogP contribution in [-0.2, 0) is 6.54 Å². The van der Waals surface area contributed by atoms with Crippen molar-refractivity contribution in [3.8, 4) is 11.3 Å². The Hall–Kier alpha value is -4.50. The highest BCUT2D eigenvalue weighted by Crippen LogP contribution is 2.46. The molecule has 3 aliphatic rings. The van der Waals surface area contributed by atoms with E-state index >= 15 is 0 Å². The fraction of sp³-hybridized carbons (Fsp3) is 0.267. The Bertz CT molecular complexity index is 1610. The number of nitrogens with one attached hydrogen (secondary N) is 1. The van der Waals surface area contributed by atoms with Crippen molar-refractivity contribution in [3.05, 3.63) is 89.6 Å². The lowest BCUT2D eigenvalue weighted by Crippen LogP contribution is -2.52. The summed E-state index contributed by atoms with van der Waals surface area (Å²) in [5, 5.41) is 19.7. The molecule has 2 N–H and O–H groups in total. The molecule has 7 rings (SSSR count). The molecule has 0 saturated heterocycles. The lowest BCUT2D eigenvalue weighted by molar-refractivity contribution is 0.0512. The average Bonchev–Trinajstić information content (AvgIpc) is 3.57. The molecular formula is C30H29N7O2. The maximum absolute atomic E-state index is 13.7. The molecule has 0 spiro atoms. The van der Waals surface area contributed by atoms with E-state index in [1.165, 1.54) is 4.90 Å². The van der Waals surface area contributed by atoms with Crippen LogP contribution in [0.2, 0.25) is 0 Å². The van der Waals surface area contributed by atoms with E-state index in [-0.39, 0.29) is 11.9 Å². The van der Waals surface area contributed by atoms with Crippen LogP contribution in [0.15, 0.2) is 77.8 Å². The number of fused-ring (bicyclic) bond motifs is 5. The van der Waals surface area contributed by atoms with Crippen LogP contribution < -0.4 is 10.2 Å². The Morgan fingerprint density at radius 1 is 1.05 bits per heavy atom. The van der Waals surface area contributed by atoms with Crippen molar-refractivity contribution in [1.29, 1.82) is 0 Å². The predicted molar refractivity (Wildman–Crippen MR) is 150 cm³/mol. The number of benzene rings is 2. The summed E-state index contributed by atoms with van der Waals surface area (Å²) in [5.74, 6) is 1.42. The monoisotopic (exact) mass is 519 g/mol. The molecular weight excluding hydrogens is 490 g/mol. The van der Waals surface area contributed by atoms with E-state index in [2.05, 4.69) is 39.6 Å². The summed E-state index contributed by atoms with van der Waals surface area (Å²) in [5.41, 5.74) is 4.14. The van der Waals surface area contributed by atoms with Gasteiger partial charge in [0.2, 0.25) is 5.96 Å². The maximum atomic E-state index is 13.7. The largest absolute Gasteiger partial charge is 0.367 e. The van der Waals surface area contributed by atoms with E-state index in [1.54, 1.807) is 7.05 Å². The van der Waals surface area contributed by atoms with Gasteiger partial charge >= 0.3 is 0 Å². The number of hydrogen-bond acceptors (Lipinski definition) is 7. The number of anilines is 3. The van der Waals surface area contributed by atoms with Gasteiger partial charge in [0.05, 0.1) is 18.3 Å². The van der Waals surface area contributed by atoms with Gasteiger partial charge in [-0.05, 0) is 56.0 Å². The fourth-order valence-electron chi connectivity index (χ4n) is 5.90. The predicted octanol–water partition coefficient (Wildman–Crippen LogP) is 4.55. The number of para-hydroxylation sites is 1. The average molecular weight is 520 g/mol. The molecule has 4 aromatic rings. The molecule has 9 nitrogen and oxygen atoms in total. The molecule has 196 valence electrons. The molecule has 2 atom stereocenters. The van der Waals surface area contributed by atoms with Gasteiger partial charge in [0.25, 0.3) is 5.91 Å².